The van der Waals surface area contributed by atoms with Gasteiger partial charge < -0.3 is 5.73 Å². The number of aromatic nitrogens is 2. The Morgan fingerprint density at radius 2 is 2.21 bits per heavy atom. The molecule has 0 saturated carbocycles. The van der Waals surface area contributed by atoms with Gasteiger partial charge in [0.05, 0.1) is 16.8 Å². The lowest BCUT2D eigenvalue weighted by molar-refractivity contribution is 0.601. The van der Waals surface area contributed by atoms with Crippen molar-refractivity contribution in [2.45, 2.75) is 18.4 Å². The SMILES string of the molecule is CCn1cc(NS(=O)(=O)c2ccc(N)c(Br)c2)cn1. The van der Waals surface area contributed by atoms with E-state index in [4.69, 9.17) is 5.73 Å². The van der Waals surface area contributed by atoms with Gasteiger partial charge >= 0.3 is 0 Å². The summed E-state index contributed by atoms with van der Waals surface area (Å²) in [6.45, 7) is 2.59. The first-order valence-corrected chi connectivity index (χ1v) is 7.80. The molecule has 1 heterocycles. The van der Waals surface area contributed by atoms with E-state index < -0.39 is 10.0 Å². The largest absolute Gasteiger partial charge is 0.398 e. The van der Waals surface area contributed by atoms with Crippen LogP contribution in [0.15, 0.2) is 40.0 Å². The lowest BCUT2D eigenvalue weighted by atomic mass is 10.3. The van der Waals surface area contributed by atoms with E-state index in [2.05, 4.69) is 25.8 Å². The van der Waals surface area contributed by atoms with Gasteiger partial charge in [-0.2, -0.15) is 5.10 Å². The van der Waals surface area contributed by atoms with E-state index in [-0.39, 0.29) is 4.90 Å². The fraction of sp³-hybridized carbons (Fsp3) is 0.182. The van der Waals surface area contributed by atoms with Gasteiger partial charge in [0, 0.05) is 22.9 Å². The number of aryl methyl sites for hydroxylation is 1. The van der Waals surface area contributed by atoms with Crippen LogP contribution in [0, 0.1) is 0 Å². The number of benzene rings is 1. The third-order valence-corrected chi connectivity index (χ3v) is 4.56. The summed E-state index contributed by atoms with van der Waals surface area (Å²) in [5, 5.41) is 4.00. The molecular formula is C11H13BrN4O2S. The van der Waals surface area contributed by atoms with E-state index in [1.807, 2.05) is 6.92 Å². The van der Waals surface area contributed by atoms with Crippen molar-refractivity contribution in [3.8, 4) is 0 Å². The number of anilines is 2. The standard InChI is InChI=1S/C11H13BrN4O2S/c1-2-16-7-8(6-14-16)15-19(17,18)9-3-4-11(13)10(12)5-9/h3-7,15H,2,13H2,1H3. The minimum Gasteiger partial charge on any atom is -0.398 e. The van der Waals surface area contributed by atoms with Crippen LogP contribution in [0.3, 0.4) is 0 Å². The molecule has 102 valence electrons. The number of nitrogens with one attached hydrogen (secondary N) is 1. The Bertz CT molecular complexity index is 696. The highest BCUT2D eigenvalue weighted by Crippen LogP contribution is 2.24. The predicted octanol–water partition coefficient (Wildman–Crippen LogP) is 2.05. The van der Waals surface area contributed by atoms with E-state index in [1.165, 1.54) is 24.4 Å². The van der Waals surface area contributed by atoms with Crippen molar-refractivity contribution >= 4 is 37.3 Å². The monoisotopic (exact) mass is 344 g/mol. The Balaban J connectivity index is 2.29. The topological polar surface area (TPSA) is 90.0 Å². The molecule has 19 heavy (non-hydrogen) atoms. The highest BCUT2D eigenvalue weighted by molar-refractivity contribution is 9.10. The Morgan fingerprint density at radius 1 is 1.47 bits per heavy atom. The number of rotatable bonds is 4. The molecule has 2 rings (SSSR count). The van der Waals surface area contributed by atoms with Gasteiger partial charge in [0.1, 0.15) is 0 Å². The summed E-state index contributed by atoms with van der Waals surface area (Å²) >= 11 is 3.21. The molecule has 0 aliphatic heterocycles. The summed E-state index contributed by atoms with van der Waals surface area (Å²) in [7, 11) is -3.64. The van der Waals surface area contributed by atoms with Crippen molar-refractivity contribution in [3.63, 3.8) is 0 Å². The second-order valence-electron chi connectivity index (χ2n) is 3.87. The van der Waals surface area contributed by atoms with Crippen molar-refractivity contribution < 1.29 is 8.42 Å². The average Bonchev–Trinajstić information content (AvgIpc) is 2.79. The molecule has 0 aliphatic rings. The van der Waals surface area contributed by atoms with Crippen LogP contribution in [-0.4, -0.2) is 18.2 Å². The summed E-state index contributed by atoms with van der Waals surface area (Å²) in [6, 6.07) is 4.45. The normalized spacial score (nSPS) is 11.5. The summed E-state index contributed by atoms with van der Waals surface area (Å²) in [6.07, 6.45) is 3.09. The molecule has 1 aromatic heterocycles. The van der Waals surface area contributed by atoms with Gasteiger partial charge in [-0.05, 0) is 41.1 Å². The number of nitrogens with two attached hydrogens (primary N) is 1. The molecule has 0 unspecified atom stereocenters. The first-order valence-electron chi connectivity index (χ1n) is 5.52. The minimum absolute atomic E-state index is 0.137. The third-order valence-electron chi connectivity index (χ3n) is 2.49. The lowest BCUT2D eigenvalue weighted by Crippen LogP contribution is -2.12. The van der Waals surface area contributed by atoms with Crippen molar-refractivity contribution in [1.82, 2.24) is 9.78 Å². The van der Waals surface area contributed by atoms with Crippen LogP contribution in [0.1, 0.15) is 6.92 Å². The van der Waals surface area contributed by atoms with Gasteiger partial charge in [0.15, 0.2) is 0 Å². The van der Waals surface area contributed by atoms with Crippen LogP contribution in [-0.2, 0) is 16.6 Å². The van der Waals surface area contributed by atoms with Gasteiger partial charge in [-0.25, -0.2) is 8.42 Å². The van der Waals surface area contributed by atoms with Crippen molar-refractivity contribution in [2.75, 3.05) is 10.5 Å². The van der Waals surface area contributed by atoms with Crippen LogP contribution in [0.2, 0.25) is 0 Å². The molecule has 6 nitrogen and oxygen atoms in total. The van der Waals surface area contributed by atoms with E-state index in [0.717, 1.165) is 0 Å². The fourth-order valence-electron chi connectivity index (χ4n) is 1.48. The van der Waals surface area contributed by atoms with Crippen molar-refractivity contribution in [2.24, 2.45) is 0 Å². The summed E-state index contributed by atoms with van der Waals surface area (Å²) in [5.41, 5.74) is 6.54. The molecule has 0 atom stereocenters. The average molecular weight is 345 g/mol. The molecule has 0 amide bonds. The Kier molecular flexibility index (Phi) is 3.81. The van der Waals surface area contributed by atoms with Crippen LogP contribution >= 0.6 is 15.9 Å². The van der Waals surface area contributed by atoms with E-state index in [0.29, 0.717) is 22.4 Å². The molecular weight excluding hydrogens is 332 g/mol. The molecule has 0 spiro atoms. The first kappa shape index (κ1) is 13.9. The molecule has 3 N–H and O–H groups in total. The third kappa shape index (κ3) is 3.07. The highest BCUT2D eigenvalue weighted by atomic mass is 79.9. The van der Waals surface area contributed by atoms with Crippen LogP contribution in [0.5, 0.6) is 0 Å². The first-order chi connectivity index (χ1) is 8.92. The van der Waals surface area contributed by atoms with Crippen LogP contribution < -0.4 is 10.5 Å². The van der Waals surface area contributed by atoms with Gasteiger partial charge in [0.25, 0.3) is 10.0 Å². The summed E-state index contributed by atoms with van der Waals surface area (Å²) in [5.74, 6) is 0. The fourth-order valence-corrected chi connectivity index (χ4v) is 3.06. The number of nitrogen functional groups attached to an aromatic ring is 1. The number of hydrogen-bond donors (Lipinski definition) is 2. The van der Waals surface area contributed by atoms with E-state index >= 15 is 0 Å². The summed E-state index contributed by atoms with van der Waals surface area (Å²) in [4.78, 5) is 0.137. The second kappa shape index (κ2) is 5.22. The van der Waals surface area contributed by atoms with Gasteiger partial charge in [-0.1, -0.05) is 0 Å². The molecule has 0 radical (unpaired) electrons. The smallest absolute Gasteiger partial charge is 0.262 e. The van der Waals surface area contributed by atoms with Crippen LogP contribution in [0.4, 0.5) is 11.4 Å². The minimum atomic E-state index is -3.64. The molecule has 8 heteroatoms. The second-order valence-corrected chi connectivity index (χ2v) is 6.41. The van der Waals surface area contributed by atoms with Gasteiger partial charge in [0.2, 0.25) is 0 Å². The zero-order valence-electron chi connectivity index (χ0n) is 10.2. The predicted molar refractivity (Wildman–Crippen MR) is 77.3 cm³/mol. The number of halogens is 1. The Labute approximate surface area is 119 Å². The number of hydrogen-bond acceptors (Lipinski definition) is 4. The number of nitrogens with zero attached hydrogens (tertiary/aromatic N) is 2. The summed E-state index contributed by atoms with van der Waals surface area (Å²) < 4.78 is 28.9. The highest BCUT2D eigenvalue weighted by Gasteiger charge is 2.16. The van der Waals surface area contributed by atoms with Gasteiger partial charge in [-0.3, -0.25) is 9.40 Å². The maximum atomic E-state index is 12.2. The molecule has 2 aromatic rings. The van der Waals surface area contributed by atoms with Crippen molar-refractivity contribution in [1.29, 1.82) is 0 Å². The molecule has 0 saturated heterocycles. The maximum Gasteiger partial charge on any atom is 0.262 e. The lowest BCUT2D eigenvalue weighted by Gasteiger charge is -2.07. The van der Waals surface area contributed by atoms with Crippen molar-refractivity contribution in [3.05, 3.63) is 35.1 Å². The van der Waals surface area contributed by atoms with Crippen LogP contribution in [0.25, 0.3) is 0 Å². The Hall–Kier alpha value is -1.54. The van der Waals surface area contributed by atoms with E-state index in [1.54, 1.807) is 10.9 Å². The number of sulfonamides is 1. The quantitative estimate of drug-likeness (QED) is 0.830. The molecule has 0 bridgehead atoms. The molecule has 0 fully saturated rings. The zero-order chi connectivity index (χ0) is 14.0. The molecule has 0 aliphatic carbocycles. The zero-order valence-corrected chi connectivity index (χ0v) is 12.6. The molecule has 1 aromatic carbocycles. The Morgan fingerprint density at radius 3 is 2.79 bits per heavy atom. The van der Waals surface area contributed by atoms with Gasteiger partial charge in [-0.15, -0.1) is 0 Å². The van der Waals surface area contributed by atoms with E-state index in [9.17, 15) is 8.42 Å². The maximum absolute atomic E-state index is 12.2.